The van der Waals surface area contributed by atoms with Crippen LogP contribution in [0.1, 0.15) is 46.7 Å². The number of hydrogen-bond acceptors (Lipinski definition) is 7. The number of sulfone groups is 1. The maximum Gasteiger partial charge on any atom is 0.449 e. The number of imidazole rings is 1. The molecule has 1 amide bonds. The minimum absolute atomic E-state index is 0.0254. The molecular formula is C28H26F3N3O6S. The lowest BCUT2D eigenvalue weighted by Gasteiger charge is -2.19. The Kier molecular flexibility index (Phi) is 7.66. The van der Waals surface area contributed by atoms with Crippen molar-refractivity contribution >= 4 is 26.8 Å². The molecule has 2 N–H and O–H groups in total. The fraction of sp³-hybridized carbons (Fsp3) is 0.286. The Bertz CT molecular complexity index is 1700. The second kappa shape index (κ2) is 11.1. The van der Waals surface area contributed by atoms with Gasteiger partial charge < -0.3 is 24.5 Å². The third-order valence-corrected chi connectivity index (χ3v) is 8.57. The van der Waals surface area contributed by atoms with Gasteiger partial charge in [-0.15, -0.1) is 0 Å². The number of aliphatic hydroxyl groups is 1. The number of benzene rings is 3. The first-order valence-corrected chi connectivity index (χ1v) is 14.4. The van der Waals surface area contributed by atoms with Crippen molar-refractivity contribution < 1.29 is 41.0 Å². The Labute approximate surface area is 233 Å². The number of carbonyl (C=O) groups excluding carboxylic acids is 1. The van der Waals surface area contributed by atoms with E-state index in [0.29, 0.717) is 22.6 Å². The molecule has 0 radical (unpaired) electrons. The van der Waals surface area contributed by atoms with Crippen molar-refractivity contribution in [1.82, 2.24) is 14.9 Å². The van der Waals surface area contributed by atoms with Gasteiger partial charge in [0.25, 0.3) is 5.91 Å². The SMILES string of the molecule is CCS(=O)(=O)c1ccc([C@H](CCO)NC(=O)c2ccc3c(c2)nc(C(F)(F)F)n3Cc2cccc3c2OCO3)cc1. The molecule has 1 aliphatic heterocycles. The number of alkyl halides is 3. The molecule has 216 valence electrons. The average molecular weight is 590 g/mol. The molecule has 5 rings (SSSR count). The lowest BCUT2D eigenvalue weighted by molar-refractivity contribution is -0.146. The third-order valence-electron chi connectivity index (χ3n) is 6.82. The zero-order valence-electron chi connectivity index (χ0n) is 21.8. The number of nitrogens with zero attached hydrogens (tertiary/aromatic N) is 2. The van der Waals surface area contributed by atoms with Crippen LogP contribution in [0.2, 0.25) is 0 Å². The van der Waals surface area contributed by atoms with E-state index in [1.807, 2.05) is 0 Å². The highest BCUT2D eigenvalue weighted by atomic mass is 32.2. The van der Waals surface area contributed by atoms with Gasteiger partial charge in [-0.25, -0.2) is 13.4 Å². The standard InChI is InChI=1S/C28H26F3N3O6S/c1-2-41(37,38)20-9-6-17(7-10-20)21(12-13-35)32-26(36)18-8-11-23-22(14-18)33-27(28(29,30)31)34(23)15-19-4-3-5-24-25(19)40-16-39-24/h3-11,14,21,35H,2,12-13,15-16H2,1H3,(H,32,36)/t21-/m0/s1. The number of halogens is 3. The van der Waals surface area contributed by atoms with Gasteiger partial charge in [-0.2, -0.15) is 13.2 Å². The molecule has 0 unspecified atom stereocenters. The molecule has 41 heavy (non-hydrogen) atoms. The summed E-state index contributed by atoms with van der Waals surface area (Å²) in [5.74, 6) is -0.966. The number of para-hydroxylation sites is 1. The lowest BCUT2D eigenvalue weighted by Crippen LogP contribution is -2.29. The Morgan fingerprint density at radius 2 is 1.88 bits per heavy atom. The number of nitrogens with one attached hydrogen (secondary N) is 1. The first-order valence-electron chi connectivity index (χ1n) is 12.7. The molecule has 3 aromatic carbocycles. The van der Waals surface area contributed by atoms with Crippen molar-refractivity contribution in [3.8, 4) is 11.5 Å². The van der Waals surface area contributed by atoms with Crippen LogP contribution in [0.25, 0.3) is 11.0 Å². The van der Waals surface area contributed by atoms with E-state index in [-0.39, 0.29) is 53.6 Å². The van der Waals surface area contributed by atoms with Gasteiger partial charge in [-0.1, -0.05) is 31.2 Å². The predicted molar refractivity (Wildman–Crippen MR) is 142 cm³/mol. The minimum atomic E-state index is -4.76. The topological polar surface area (TPSA) is 120 Å². The largest absolute Gasteiger partial charge is 0.454 e. The van der Waals surface area contributed by atoms with Crippen LogP contribution in [0.15, 0.2) is 65.6 Å². The molecule has 13 heteroatoms. The molecule has 9 nitrogen and oxygen atoms in total. The Morgan fingerprint density at radius 3 is 2.56 bits per heavy atom. The van der Waals surface area contributed by atoms with Crippen LogP contribution in [0.5, 0.6) is 11.5 Å². The van der Waals surface area contributed by atoms with E-state index in [9.17, 15) is 31.5 Å². The highest BCUT2D eigenvalue weighted by molar-refractivity contribution is 7.91. The number of aromatic nitrogens is 2. The molecule has 4 aromatic rings. The molecule has 0 fully saturated rings. The number of carbonyl (C=O) groups is 1. The van der Waals surface area contributed by atoms with Gasteiger partial charge >= 0.3 is 6.18 Å². The second-order valence-electron chi connectivity index (χ2n) is 9.38. The normalized spacial score (nSPS) is 13.9. The van der Waals surface area contributed by atoms with Crippen LogP contribution in [0.4, 0.5) is 13.2 Å². The van der Waals surface area contributed by atoms with Crippen molar-refractivity contribution in [3.63, 3.8) is 0 Å². The maximum absolute atomic E-state index is 14.0. The van der Waals surface area contributed by atoms with Gasteiger partial charge in [0, 0.05) is 17.7 Å². The Morgan fingerprint density at radius 1 is 1.12 bits per heavy atom. The number of rotatable bonds is 9. The summed E-state index contributed by atoms with van der Waals surface area (Å²) in [6, 6.07) is 14.4. The summed E-state index contributed by atoms with van der Waals surface area (Å²) < 4.78 is 78.1. The zero-order chi connectivity index (χ0) is 29.4. The van der Waals surface area contributed by atoms with Gasteiger partial charge in [-0.3, -0.25) is 4.79 Å². The van der Waals surface area contributed by atoms with Crippen molar-refractivity contribution in [1.29, 1.82) is 0 Å². The summed E-state index contributed by atoms with van der Waals surface area (Å²) in [5.41, 5.74) is 1.26. The minimum Gasteiger partial charge on any atom is -0.454 e. The van der Waals surface area contributed by atoms with E-state index < -0.39 is 33.8 Å². The second-order valence-corrected chi connectivity index (χ2v) is 11.7. The van der Waals surface area contributed by atoms with Crippen molar-refractivity contribution in [3.05, 3.63) is 83.2 Å². The Balaban J connectivity index is 1.44. The molecule has 1 atom stereocenters. The Hall–Kier alpha value is -4.10. The van der Waals surface area contributed by atoms with Crippen LogP contribution in [-0.2, 0) is 22.6 Å². The lowest BCUT2D eigenvalue weighted by atomic mass is 10.0. The van der Waals surface area contributed by atoms with Gasteiger partial charge in [0.05, 0.1) is 34.3 Å². The summed E-state index contributed by atoms with van der Waals surface area (Å²) in [5, 5.41) is 12.3. The zero-order valence-corrected chi connectivity index (χ0v) is 22.6. The smallest absolute Gasteiger partial charge is 0.449 e. The van der Waals surface area contributed by atoms with E-state index in [2.05, 4.69) is 10.3 Å². The van der Waals surface area contributed by atoms with E-state index in [1.54, 1.807) is 30.3 Å². The van der Waals surface area contributed by atoms with E-state index in [4.69, 9.17) is 9.47 Å². The monoisotopic (exact) mass is 589 g/mol. The van der Waals surface area contributed by atoms with Crippen LogP contribution < -0.4 is 14.8 Å². The van der Waals surface area contributed by atoms with Crippen molar-refractivity contribution in [2.24, 2.45) is 0 Å². The quantitative estimate of drug-likeness (QED) is 0.296. The van der Waals surface area contributed by atoms with E-state index in [1.165, 1.54) is 37.3 Å². The molecule has 1 aliphatic rings. The summed E-state index contributed by atoms with van der Waals surface area (Å²) in [7, 11) is -3.41. The number of fused-ring (bicyclic) bond motifs is 2. The molecule has 0 saturated carbocycles. The highest BCUT2D eigenvalue weighted by Gasteiger charge is 2.38. The first-order chi connectivity index (χ1) is 19.5. The molecule has 0 saturated heterocycles. The average Bonchev–Trinajstić information content (AvgIpc) is 3.58. The van der Waals surface area contributed by atoms with Crippen LogP contribution >= 0.6 is 0 Å². The molecule has 1 aromatic heterocycles. The predicted octanol–water partition coefficient (Wildman–Crippen LogP) is 4.48. The fourth-order valence-corrected chi connectivity index (χ4v) is 5.58. The van der Waals surface area contributed by atoms with Crippen LogP contribution in [0, 0.1) is 0 Å². The summed E-state index contributed by atoms with van der Waals surface area (Å²) in [6.45, 7) is 1.05. The fourth-order valence-electron chi connectivity index (χ4n) is 4.70. The van der Waals surface area contributed by atoms with Crippen LogP contribution in [0.3, 0.4) is 0 Å². The summed E-state index contributed by atoms with van der Waals surface area (Å²) >= 11 is 0. The maximum atomic E-state index is 14.0. The van der Waals surface area contributed by atoms with Gasteiger partial charge in [0.15, 0.2) is 21.3 Å². The molecule has 0 bridgehead atoms. The van der Waals surface area contributed by atoms with Crippen molar-refractivity contribution in [2.75, 3.05) is 19.2 Å². The highest BCUT2D eigenvalue weighted by Crippen LogP contribution is 2.38. The van der Waals surface area contributed by atoms with E-state index >= 15 is 0 Å². The number of aliphatic hydroxyl groups excluding tert-OH is 1. The van der Waals surface area contributed by atoms with Crippen molar-refractivity contribution in [2.45, 2.75) is 37.0 Å². The number of ether oxygens (including phenoxy) is 2. The van der Waals surface area contributed by atoms with Gasteiger partial charge in [0.1, 0.15) is 0 Å². The van der Waals surface area contributed by atoms with Gasteiger partial charge in [-0.05, 0) is 48.4 Å². The molecule has 0 spiro atoms. The van der Waals surface area contributed by atoms with Crippen LogP contribution in [-0.4, -0.2) is 48.1 Å². The summed E-state index contributed by atoms with van der Waals surface area (Å²) in [4.78, 5) is 17.1. The van der Waals surface area contributed by atoms with E-state index in [0.717, 1.165) is 4.57 Å². The molecule has 2 heterocycles. The summed E-state index contributed by atoms with van der Waals surface area (Å²) in [6.07, 6.45) is -4.63. The third kappa shape index (κ3) is 5.72. The number of amides is 1. The first kappa shape index (κ1) is 28.4. The number of hydrogen-bond donors (Lipinski definition) is 2. The molecule has 0 aliphatic carbocycles. The van der Waals surface area contributed by atoms with Gasteiger partial charge in [0.2, 0.25) is 12.6 Å². The molecular weight excluding hydrogens is 563 g/mol.